The third-order valence-electron chi connectivity index (χ3n) is 8.66. The number of anilines is 1. The lowest BCUT2D eigenvalue weighted by molar-refractivity contribution is -0.131. The maximum Gasteiger partial charge on any atom is 0.330 e. The molecule has 1 saturated heterocycles. The fourth-order valence-electron chi connectivity index (χ4n) is 6.22. The van der Waals surface area contributed by atoms with Gasteiger partial charge in [0.2, 0.25) is 11.8 Å². The van der Waals surface area contributed by atoms with Crippen LogP contribution >= 0.6 is 23.2 Å². The Bertz CT molecular complexity index is 2040. The molecule has 1 aliphatic heterocycles. The summed E-state index contributed by atoms with van der Waals surface area (Å²) in [6.45, 7) is 1.31. The molecular formula is C34H34Cl2N6O6. The van der Waals surface area contributed by atoms with Crippen molar-refractivity contribution in [1.29, 1.82) is 0 Å². The lowest BCUT2D eigenvalue weighted by atomic mass is 9.99. The van der Waals surface area contributed by atoms with Crippen molar-refractivity contribution in [3.05, 3.63) is 96.2 Å². The van der Waals surface area contributed by atoms with Crippen LogP contribution < -0.4 is 31.9 Å². The second-order valence-electron chi connectivity index (χ2n) is 11.8. The summed E-state index contributed by atoms with van der Waals surface area (Å²) < 4.78 is 13.2. The van der Waals surface area contributed by atoms with Crippen molar-refractivity contribution in [2.75, 3.05) is 32.2 Å². The van der Waals surface area contributed by atoms with Crippen LogP contribution in [0.2, 0.25) is 10.0 Å². The fourth-order valence-corrected chi connectivity index (χ4v) is 6.82. The normalized spacial score (nSPS) is 17.1. The monoisotopic (exact) mass is 692 g/mol. The molecule has 12 nitrogen and oxygen atoms in total. The van der Waals surface area contributed by atoms with Crippen LogP contribution in [0, 0.1) is 0 Å². The first-order chi connectivity index (χ1) is 23.1. The van der Waals surface area contributed by atoms with Gasteiger partial charge in [0, 0.05) is 48.6 Å². The van der Waals surface area contributed by atoms with Crippen LogP contribution in [0.3, 0.4) is 0 Å². The van der Waals surface area contributed by atoms with E-state index in [0.29, 0.717) is 46.4 Å². The quantitative estimate of drug-likeness (QED) is 0.240. The van der Waals surface area contributed by atoms with Gasteiger partial charge < -0.3 is 30.0 Å². The van der Waals surface area contributed by atoms with Gasteiger partial charge in [-0.15, -0.1) is 0 Å². The molecule has 2 aromatic heterocycles. The summed E-state index contributed by atoms with van der Waals surface area (Å²) in [7, 11) is 4.36. The molecule has 2 amide bonds. The summed E-state index contributed by atoms with van der Waals surface area (Å²) in [5, 5.41) is 9.88. The molecule has 1 fully saturated rings. The molecule has 0 saturated carbocycles. The molecule has 1 aliphatic carbocycles. The van der Waals surface area contributed by atoms with E-state index in [4.69, 9.17) is 37.7 Å². The first-order valence-electron chi connectivity index (χ1n) is 15.4. The minimum absolute atomic E-state index is 0.0172. The van der Waals surface area contributed by atoms with E-state index in [1.165, 1.54) is 20.3 Å². The molecule has 3 N–H and O–H groups in total. The summed E-state index contributed by atoms with van der Waals surface area (Å²) in [6, 6.07) is 12.7. The lowest BCUT2D eigenvalue weighted by Gasteiger charge is -2.24. The van der Waals surface area contributed by atoms with Crippen molar-refractivity contribution in [3.8, 4) is 28.3 Å². The number of nitrogens with zero attached hydrogens (tertiary/aromatic N) is 3. The number of halogens is 2. The van der Waals surface area contributed by atoms with Gasteiger partial charge in [-0.1, -0.05) is 53.5 Å². The Hall–Kier alpha value is -4.49. The van der Waals surface area contributed by atoms with Crippen LogP contribution in [0.5, 0.6) is 5.88 Å². The third-order valence-corrected chi connectivity index (χ3v) is 9.47. The number of nitrogens with one attached hydrogen (secondary N) is 3. The standard InChI is InChI=1S/C34H34Cl2N6O6/c1-41-15-23(33(45)42(2)34(41)46)31(44)39-25-9-5-7-21(30(25)36)20-6-4-8-22(29(20)35)26-14-18-10-11-24(28(18)32(40-26)47-3)37-13-12-19-16-48-17-27(43)38-19/h4-9,14-15,19,24,37H,10-13,16-17H2,1-3H3,(H,38,43)(H,39,44)/t19-,24+/m1/s1. The number of fused-ring (bicyclic) bond motifs is 1. The minimum Gasteiger partial charge on any atom is -0.481 e. The number of pyridine rings is 1. The molecule has 14 heteroatoms. The van der Waals surface area contributed by atoms with Gasteiger partial charge in [-0.25, -0.2) is 9.78 Å². The number of carbonyl (C=O) groups is 2. The molecular weight excluding hydrogens is 659 g/mol. The van der Waals surface area contributed by atoms with Gasteiger partial charge in [-0.2, -0.15) is 0 Å². The minimum atomic E-state index is -0.720. The molecule has 250 valence electrons. The van der Waals surface area contributed by atoms with Gasteiger partial charge in [-0.3, -0.25) is 19.0 Å². The van der Waals surface area contributed by atoms with E-state index in [2.05, 4.69) is 16.0 Å². The lowest BCUT2D eigenvalue weighted by Crippen LogP contribution is -2.46. The van der Waals surface area contributed by atoms with Gasteiger partial charge in [-0.05, 0) is 43.5 Å². The molecule has 3 heterocycles. The summed E-state index contributed by atoms with van der Waals surface area (Å²) in [5.41, 5.74) is 3.42. The molecule has 48 heavy (non-hydrogen) atoms. The Kier molecular flexibility index (Phi) is 9.70. The molecule has 0 spiro atoms. The van der Waals surface area contributed by atoms with Gasteiger partial charge >= 0.3 is 5.69 Å². The molecule has 2 aromatic carbocycles. The number of aryl methyl sites for hydroxylation is 2. The van der Waals surface area contributed by atoms with E-state index in [0.717, 1.165) is 39.5 Å². The van der Waals surface area contributed by atoms with Gasteiger partial charge in [0.25, 0.3) is 11.5 Å². The highest BCUT2D eigenvalue weighted by atomic mass is 35.5. The Morgan fingerprint density at radius 2 is 1.81 bits per heavy atom. The van der Waals surface area contributed by atoms with E-state index >= 15 is 0 Å². The Morgan fingerprint density at radius 3 is 2.56 bits per heavy atom. The second kappa shape index (κ2) is 13.9. The van der Waals surface area contributed by atoms with Crippen LogP contribution in [-0.2, 0) is 30.0 Å². The number of carbonyl (C=O) groups excluding carboxylic acids is 2. The number of aromatic nitrogens is 3. The average molecular weight is 694 g/mol. The van der Waals surface area contributed by atoms with Crippen molar-refractivity contribution in [2.45, 2.75) is 31.3 Å². The van der Waals surface area contributed by atoms with Crippen LogP contribution in [0.15, 0.2) is 58.3 Å². The van der Waals surface area contributed by atoms with Gasteiger partial charge in [0.05, 0.1) is 41.2 Å². The number of benzene rings is 2. The van der Waals surface area contributed by atoms with E-state index in [1.807, 2.05) is 24.3 Å². The Morgan fingerprint density at radius 1 is 1.08 bits per heavy atom. The smallest absolute Gasteiger partial charge is 0.330 e. The topological polar surface area (TPSA) is 146 Å². The number of hydrogen-bond donors (Lipinski definition) is 3. The fraction of sp³-hybridized carbons (Fsp3) is 0.324. The highest BCUT2D eigenvalue weighted by Crippen LogP contribution is 2.44. The molecule has 0 radical (unpaired) electrons. The maximum atomic E-state index is 13.1. The highest BCUT2D eigenvalue weighted by Gasteiger charge is 2.29. The Labute approximate surface area is 286 Å². The Balaban J connectivity index is 1.25. The number of amides is 2. The summed E-state index contributed by atoms with van der Waals surface area (Å²) in [6.07, 6.45) is 3.64. The van der Waals surface area contributed by atoms with Gasteiger partial charge in [0.15, 0.2) is 0 Å². The van der Waals surface area contributed by atoms with E-state index in [9.17, 15) is 19.2 Å². The maximum absolute atomic E-state index is 13.1. The number of hydrogen-bond acceptors (Lipinski definition) is 8. The van der Waals surface area contributed by atoms with Crippen molar-refractivity contribution in [1.82, 2.24) is 24.8 Å². The number of methoxy groups -OCH3 is 1. The zero-order chi connectivity index (χ0) is 34.1. The number of morpholine rings is 1. The molecule has 2 aliphatic rings. The summed E-state index contributed by atoms with van der Waals surface area (Å²) in [4.78, 5) is 54.3. The number of rotatable bonds is 9. The first kappa shape index (κ1) is 33.4. The first-order valence-corrected chi connectivity index (χ1v) is 16.2. The zero-order valence-corrected chi connectivity index (χ0v) is 28.1. The van der Waals surface area contributed by atoms with Crippen molar-refractivity contribution in [3.63, 3.8) is 0 Å². The average Bonchev–Trinajstić information content (AvgIpc) is 3.49. The molecule has 4 aromatic rings. The molecule has 6 rings (SSSR count). The predicted molar refractivity (Wildman–Crippen MR) is 183 cm³/mol. The van der Waals surface area contributed by atoms with E-state index in [-0.39, 0.29) is 40.9 Å². The highest BCUT2D eigenvalue weighted by molar-refractivity contribution is 6.39. The van der Waals surface area contributed by atoms with Crippen LogP contribution in [0.1, 0.15) is 40.4 Å². The van der Waals surface area contributed by atoms with Gasteiger partial charge in [0.1, 0.15) is 12.2 Å². The SMILES string of the molecule is COc1nc(-c2cccc(-c3cccc(NC(=O)c4cn(C)c(=O)n(C)c4=O)c3Cl)c2Cl)cc2c1[C@@H](NCC[C@@H]1COCC(=O)N1)CC2. The molecule has 0 bridgehead atoms. The summed E-state index contributed by atoms with van der Waals surface area (Å²) >= 11 is 13.9. The van der Waals surface area contributed by atoms with E-state index < -0.39 is 17.2 Å². The van der Waals surface area contributed by atoms with Crippen molar-refractivity contribution >= 4 is 40.7 Å². The van der Waals surface area contributed by atoms with Crippen LogP contribution in [0.4, 0.5) is 5.69 Å². The van der Waals surface area contributed by atoms with Crippen molar-refractivity contribution < 1.29 is 19.1 Å². The third kappa shape index (κ3) is 6.48. The van der Waals surface area contributed by atoms with Crippen molar-refractivity contribution in [2.24, 2.45) is 14.1 Å². The van der Waals surface area contributed by atoms with Crippen LogP contribution in [0.25, 0.3) is 22.4 Å². The zero-order valence-electron chi connectivity index (χ0n) is 26.6. The second-order valence-corrected chi connectivity index (χ2v) is 12.5. The molecule has 2 atom stereocenters. The molecule has 0 unspecified atom stereocenters. The largest absolute Gasteiger partial charge is 0.481 e. The summed E-state index contributed by atoms with van der Waals surface area (Å²) in [5.74, 6) is -0.283. The van der Waals surface area contributed by atoms with Crippen LogP contribution in [-0.4, -0.2) is 58.8 Å². The number of ether oxygens (including phenoxy) is 2. The predicted octanol–water partition coefficient (Wildman–Crippen LogP) is 3.86. The van der Waals surface area contributed by atoms with E-state index in [1.54, 1.807) is 25.3 Å².